The van der Waals surface area contributed by atoms with Gasteiger partial charge in [0.15, 0.2) is 0 Å². The van der Waals surface area contributed by atoms with E-state index in [1.807, 2.05) is 0 Å². The molecule has 1 aliphatic rings. The van der Waals surface area contributed by atoms with E-state index in [1.165, 1.54) is 6.42 Å². The van der Waals surface area contributed by atoms with Crippen LogP contribution in [0.15, 0.2) is 0 Å². The molecule has 0 saturated heterocycles. The summed E-state index contributed by atoms with van der Waals surface area (Å²) in [5.41, 5.74) is 1.29. The first-order valence-corrected chi connectivity index (χ1v) is 3.85. The van der Waals surface area contributed by atoms with Crippen molar-refractivity contribution in [3.63, 3.8) is 0 Å². The van der Waals surface area contributed by atoms with E-state index in [0.29, 0.717) is 10.8 Å². The minimum atomic E-state index is 0.222. The molecule has 0 aromatic rings. The lowest BCUT2D eigenvalue weighted by Gasteiger charge is -2.04. The second kappa shape index (κ2) is 2.91. The predicted molar refractivity (Wildman–Crippen MR) is 44.8 cm³/mol. The standard InChI is InChI=1S/C7H14.CHClO/c1-6(2)5-7(6,3)4;2-1-3/h5H2,1-4H3;1H. The number of hydrogen-bond acceptors (Lipinski definition) is 1. The lowest BCUT2D eigenvalue weighted by molar-refractivity contribution is 0.457. The van der Waals surface area contributed by atoms with Crippen LogP contribution in [0, 0.1) is 10.8 Å². The van der Waals surface area contributed by atoms with Gasteiger partial charge in [0.05, 0.1) is 0 Å². The van der Waals surface area contributed by atoms with Crippen molar-refractivity contribution in [1.82, 2.24) is 0 Å². The van der Waals surface area contributed by atoms with Crippen LogP contribution in [0.1, 0.15) is 34.1 Å². The molecule has 1 saturated carbocycles. The zero-order valence-electron chi connectivity index (χ0n) is 7.07. The average Bonchev–Trinajstić information content (AvgIpc) is 2.04. The number of carbonyl (C=O) groups excluding carboxylic acids is 1. The van der Waals surface area contributed by atoms with Crippen molar-refractivity contribution >= 4 is 17.3 Å². The smallest absolute Gasteiger partial charge is 0.208 e. The molecule has 0 heterocycles. The van der Waals surface area contributed by atoms with Gasteiger partial charge in [-0.3, -0.25) is 4.79 Å². The van der Waals surface area contributed by atoms with Gasteiger partial charge in [-0.15, -0.1) is 0 Å². The summed E-state index contributed by atoms with van der Waals surface area (Å²) in [5.74, 6) is 0.222. The van der Waals surface area contributed by atoms with Crippen molar-refractivity contribution in [2.24, 2.45) is 10.8 Å². The molecule has 0 bridgehead atoms. The third-order valence-corrected chi connectivity index (χ3v) is 2.59. The number of rotatable bonds is 0. The highest BCUT2D eigenvalue weighted by Gasteiger charge is 2.53. The topological polar surface area (TPSA) is 17.1 Å². The molecule has 10 heavy (non-hydrogen) atoms. The molecular weight excluding hydrogens is 148 g/mol. The quantitative estimate of drug-likeness (QED) is 0.396. The van der Waals surface area contributed by atoms with Gasteiger partial charge in [0.1, 0.15) is 0 Å². The average molecular weight is 163 g/mol. The summed E-state index contributed by atoms with van der Waals surface area (Å²) in [4.78, 5) is 8.57. The van der Waals surface area contributed by atoms with Gasteiger partial charge in [-0.05, 0) is 28.9 Å². The Balaban J connectivity index is 0.000000236. The van der Waals surface area contributed by atoms with Gasteiger partial charge in [0.25, 0.3) is 0 Å². The van der Waals surface area contributed by atoms with Crippen molar-refractivity contribution in [1.29, 1.82) is 0 Å². The normalized spacial score (nSPS) is 24.1. The zero-order valence-corrected chi connectivity index (χ0v) is 7.83. The van der Waals surface area contributed by atoms with Gasteiger partial charge < -0.3 is 0 Å². The summed E-state index contributed by atoms with van der Waals surface area (Å²) >= 11 is 4.32. The molecule has 0 aromatic carbocycles. The van der Waals surface area contributed by atoms with Crippen LogP contribution in [0.3, 0.4) is 0 Å². The molecule has 2 heteroatoms. The first-order chi connectivity index (χ1) is 4.37. The molecule has 1 rings (SSSR count). The van der Waals surface area contributed by atoms with Crippen molar-refractivity contribution in [2.45, 2.75) is 34.1 Å². The molecule has 1 fully saturated rings. The lowest BCUT2D eigenvalue weighted by atomic mass is 10.0. The molecule has 1 nitrogen and oxygen atoms in total. The maximum Gasteiger partial charge on any atom is 0.208 e. The Morgan fingerprint density at radius 2 is 1.30 bits per heavy atom. The van der Waals surface area contributed by atoms with Crippen LogP contribution in [-0.4, -0.2) is 5.75 Å². The summed E-state index contributed by atoms with van der Waals surface area (Å²) in [5, 5.41) is 0. The molecular formula is C8H15ClO. The first kappa shape index (κ1) is 9.96. The van der Waals surface area contributed by atoms with Crippen molar-refractivity contribution in [3.05, 3.63) is 0 Å². The molecule has 0 radical (unpaired) electrons. The lowest BCUT2D eigenvalue weighted by Crippen LogP contribution is -1.95. The van der Waals surface area contributed by atoms with E-state index in [4.69, 9.17) is 4.79 Å². The van der Waals surface area contributed by atoms with E-state index in [2.05, 4.69) is 39.3 Å². The molecule has 0 N–H and O–H groups in total. The highest BCUT2D eigenvalue weighted by atomic mass is 35.5. The first-order valence-electron chi connectivity index (χ1n) is 3.41. The number of hydrogen-bond donors (Lipinski definition) is 0. The second-order valence-corrected chi connectivity index (χ2v) is 4.21. The summed E-state index contributed by atoms with van der Waals surface area (Å²) < 4.78 is 0. The van der Waals surface area contributed by atoms with Crippen molar-refractivity contribution < 1.29 is 4.79 Å². The molecule has 60 valence electrons. The fraction of sp³-hybridized carbons (Fsp3) is 0.875. The molecule has 0 spiro atoms. The fourth-order valence-electron chi connectivity index (χ4n) is 1.06. The fourth-order valence-corrected chi connectivity index (χ4v) is 1.06. The van der Waals surface area contributed by atoms with E-state index in [-0.39, 0.29) is 5.75 Å². The molecule has 1 aliphatic carbocycles. The molecule has 0 aromatic heterocycles. The summed E-state index contributed by atoms with van der Waals surface area (Å²) in [6, 6.07) is 0. The van der Waals surface area contributed by atoms with E-state index in [1.54, 1.807) is 0 Å². The van der Waals surface area contributed by atoms with Gasteiger partial charge in [-0.2, -0.15) is 0 Å². The minimum Gasteiger partial charge on any atom is -0.285 e. The van der Waals surface area contributed by atoms with Crippen LogP contribution in [-0.2, 0) is 4.79 Å². The van der Waals surface area contributed by atoms with Crippen LogP contribution in [0.25, 0.3) is 0 Å². The Kier molecular flexibility index (Phi) is 2.90. The highest BCUT2D eigenvalue weighted by molar-refractivity contribution is 6.54. The van der Waals surface area contributed by atoms with Gasteiger partial charge in [-0.1, -0.05) is 27.7 Å². The third-order valence-electron chi connectivity index (χ3n) is 2.59. The zero-order chi connectivity index (χ0) is 8.41. The maximum atomic E-state index is 8.57. The summed E-state index contributed by atoms with van der Waals surface area (Å²) in [6.45, 7) is 9.31. The van der Waals surface area contributed by atoms with E-state index >= 15 is 0 Å². The SMILES string of the molecule is CC1(C)CC1(C)C.O=CCl. The Morgan fingerprint density at radius 1 is 1.20 bits per heavy atom. The van der Waals surface area contributed by atoms with Crippen LogP contribution < -0.4 is 0 Å². The monoisotopic (exact) mass is 162 g/mol. The minimum absolute atomic E-state index is 0.222. The van der Waals surface area contributed by atoms with Crippen LogP contribution in [0.2, 0.25) is 0 Å². The molecule has 0 atom stereocenters. The van der Waals surface area contributed by atoms with Gasteiger partial charge in [0.2, 0.25) is 5.75 Å². The second-order valence-electron chi connectivity index (χ2n) is 4.03. The van der Waals surface area contributed by atoms with E-state index in [0.717, 1.165) is 0 Å². The van der Waals surface area contributed by atoms with Gasteiger partial charge in [0, 0.05) is 0 Å². The largest absolute Gasteiger partial charge is 0.285 e. The Hall–Kier alpha value is -0.0400. The Morgan fingerprint density at radius 3 is 1.30 bits per heavy atom. The third kappa shape index (κ3) is 2.30. The molecule has 0 amide bonds. The Labute approximate surface area is 67.8 Å². The number of carbonyl (C=O) groups is 1. The highest BCUT2D eigenvalue weighted by Crippen LogP contribution is 2.62. The van der Waals surface area contributed by atoms with E-state index < -0.39 is 0 Å². The van der Waals surface area contributed by atoms with Crippen LogP contribution >= 0.6 is 11.6 Å². The maximum absolute atomic E-state index is 8.57. The van der Waals surface area contributed by atoms with Crippen LogP contribution in [0.4, 0.5) is 0 Å². The van der Waals surface area contributed by atoms with Crippen molar-refractivity contribution in [2.75, 3.05) is 0 Å². The Bertz CT molecular complexity index is 115. The van der Waals surface area contributed by atoms with Gasteiger partial charge >= 0.3 is 0 Å². The van der Waals surface area contributed by atoms with E-state index in [9.17, 15) is 0 Å². The van der Waals surface area contributed by atoms with Gasteiger partial charge in [-0.25, -0.2) is 0 Å². The molecule has 0 aliphatic heterocycles. The van der Waals surface area contributed by atoms with Crippen molar-refractivity contribution in [3.8, 4) is 0 Å². The number of halogens is 1. The summed E-state index contributed by atoms with van der Waals surface area (Å²) in [6.07, 6.45) is 1.40. The summed E-state index contributed by atoms with van der Waals surface area (Å²) in [7, 11) is 0. The molecule has 0 unspecified atom stereocenters. The predicted octanol–water partition coefficient (Wildman–Crippen LogP) is 2.86. The van der Waals surface area contributed by atoms with Crippen LogP contribution in [0.5, 0.6) is 0 Å².